The second-order valence-electron chi connectivity index (χ2n) is 6.67. The number of rotatable bonds is 6. The van der Waals surface area contributed by atoms with Gasteiger partial charge in [0.05, 0.1) is 18.0 Å². The summed E-state index contributed by atoms with van der Waals surface area (Å²) in [6.07, 6.45) is 8.01. The van der Waals surface area contributed by atoms with Crippen LogP contribution < -0.4 is 10.6 Å². The van der Waals surface area contributed by atoms with Crippen molar-refractivity contribution in [1.82, 2.24) is 15.1 Å². The number of hydrogen-bond acceptors (Lipinski definition) is 5. The highest BCUT2D eigenvalue weighted by molar-refractivity contribution is 6.28. The number of halogens is 1. The maximum Gasteiger partial charge on any atom is 0.267 e. The SMILES string of the molecule is CNC(=O)/C(=C\C1(Cl)C=CC1)Nc1ccn(C[C@@H]2COC(C)(C)O2)n1. The van der Waals surface area contributed by atoms with Crippen LogP contribution in [0.25, 0.3) is 0 Å². The average Bonchev–Trinajstić information content (AvgIpc) is 3.10. The minimum absolute atomic E-state index is 0.0528. The normalized spacial score (nSPS) is 27.8. The molecule has 0 saturated carbocycles. The lowest BCUT2D eigenvalue weighted by Gasteiger charge is -2.25. The number of likely N-dealkylation sites (N-methyl/N-ethyl adjacent to an activating group) is 1. The highest BCUT2D eigenvalue weighted by atomic mass is 35.5. The zero-order chi connectivity index (χ0) is 18.1. The van der Waals surface area contributed by atoms with Crippen molar-refractivity contribution in [3.63, 3.8) is 0 Å². The standard InChI is InChI=1S/C17H23ClN4O3/c1-16(2)24-11-12(25-16)10-22-8-5-14(21-22)20-13(15(23)19-3)9-17(18)6-4-7-17/h4-6,8-9,12H,7,10-11H2,1-3H3,(H,19,23)(H,20,21)/b13-9+/t12-,17?/m1/s1. The summed E-state index contributed by atoms with van der Waals surface area (Å²) in [5.41, 5.74) is 0.369. The lowest BCUT2D eigenvalue weighted by atomic mass is 9.93. The van der Waals surface area contributed by atoms with Gasteiger partial charge in [-0.3, -0.25) is 9.48 Å². The molecule has 136 valence electrons. The highest BCUT2D eigenvalue weighted by Gasteiger charge is 2.33. The average molecular weight is 367 g/mol. The van der Waals surface area contributed by atoms with Crippen LogP contribution in [0, 0.1) is 0 Å². The number of aromatic nitrogens is 2. The molecule has 3 rings (SSSR count). The molecule has 2 heterocycles. The number of nitrogens with zero attached hydrogens (tertiary/aromatic N) is 2. The molecule has 1 fully saturated rings. The summed E-state index contributed by atoms with van der Waals surface area (Å²) in [4.78, 5) is 11.5. The van der Waals surface area contributed by atoms with Crippen LogP contribution in [0.3, 0.4) is 0 Å². The summed E-state index contributed by atoms with van der Waals surface area (Å²) < 4.78 is 13.1. The van der Waals surface area contributed by atoms with Gasteiger partial charge in [-0.1, -0.05) is 12.2 Å². The van der Waals surface area contributed by atoms with E-state index < -0.39 is 10.7 Å². The van der Waals surface area contributed by atoms with Gasteiger partial charge in [-0.05, 0) is 26.3 Å². The maximum atomic E-state index is 12.1. The van der Waals surface area contributed by atoms with Gasteiger partial charge in [-0.25, -0.2) is 0 Å². The number of carbonyl (C=O) groups is 1. The second-order valence-corrected chi connectivity index (χ2v) is 7.37. The van der Waals surface area contributed by atoms with Crippen molar-refractivity contribution in [1.29, 1.82) is 0 Å². The Morgan fingerprint density at radius 1 is 1.56 bits per heavy atom. The van der Waals surface area contributed by atoms with Gasteiger partial charge in [0.15, 0.2) is 11.6 Å². The summed E-state index contributed by atoms with van der Waals surface area (Å²) in [6, 6.07) is 1.80. The third-order valence-corrected chi connectivity index (χ3v) is 4.43. The molecule has 2 aliphatic rings. The fourth-order valence-electron chi connectivity index (χ4n) is 2.71. The van der Waals surface area contributed by atoms with Gasteiger partial charge in [0.1, 0.15) is 11.8 Å². The van der Waals surface area contributed by atoms with E-state index in [9.17, 15) is 4.79 Å². The quantitative estimate of drug-likeness (QED) is 0.457. The summed E-state index contributed by atoms with van der Waals surface area (Å²) >= 11 is 6.38. The number of carbonyl (C=O) groups excluding carboxylic acids is 1. The summed E-state index contributed by atoms with van der Waals surface area (Å²) in [6.45, 7) is 4.88. The Bertz CT molecular complexity index is 713. The first-order valence-corrected chi connectivity index (χ1v) is 8.60. The first-order chi connectivity index (χ1) is 11.8. The van der Waals surface area contributed by atoms with Crippen LogP contribution in [0.1, 0.15) is 20.3 Å². The number of amides is 1. The van der Waals surface area contributed by atoms with Crippen molar-refractivity contribution in [3.8, 4) is 0 Å². The number of anilines is 1. The minimum atomic E-state index is -0.613. The van der Waals surface area contributed by atoms with Gasteiger partial charge < -0.3 is 20.1 Å². The topological polar surface area (TPSA) is 77.4 Å². The predicted octanol–water partition coefficient (Wildman–Crippen LogP) is 2.01. The van der Waals surface area contributed by atoms with Crippen molar-refractivity contribution in [2.45, 2.75) is 43.6 Å². The van der Waals surface area contributed by atoms with E-state index >= 15 is 0 Å². The van der Waals surface area contributed by atoms with Gasteiger partial charge >= 0.3 is 0 Å². The van der Waals surface area contributed by atoms with Crippen LogP contribution in [0.2, 0.25) is 0 Å². The Morgan fingerprint density at radius 3 is 2.88 bits per heavy atom. The third-order valence-electron chi connectivity index (χ3n) is 4.04. The molecule has 1 aliphatic heterocycles. The van der Waals surface area contributed by atoms with E-state index in [-0.39, 0.29) is 12.0 Å². The number of nitrogens with one attached hydrogen (secondary N) is 2. The molecule has 8 heteroatoms. The largest absolute Gasteiger partial charge is 0.354 e. The Balaban J connectivity index is 1.66. The molecule has 7 nitrogen and oxygen atoms in total. The number of allylic oxidation sites excluding steroid dienone is 3. The highest BCUT2D eigenvalue weighted by Crippen LogP contribution is 2.33. The van der Waals surface area contributed by atoms with Gasteiger partial charge in [0.25, 0.3) is 5.91 Å². The zero-order valence-corrected chi connectivity index (χ0v) is 15.3. The van der Waals surface area contributed by atoms with E-state index in [1.54, 1.807) is 23.9 Å². The Morgan fingerprint density at radius 2 is 2.32 bits per heavy atom. The number of hydrogen-bond donors (Lipinski definition) is 2. The summed E-state index contributed by atoms with van der Waals surface area (Å²) in [5, 5.41) is 10.1. The Labute approximate surface area is 152 Å². The fraction of sp³-hybridized carbons (Fsp3) is 0.529. The first kappa shape index (κ1) is 18.0. The molecule has 2 atom stereocenters. The summed E-state index contributed by atoms with van der Waals surface area (Å²) in [7, 11) is 1.58. The van der Waals surface area contributed by atoms with Crippen LogP contribution in [0.5, 0.6) is 0 Å². The van der Waals surface area contributed by atoms with Crippen LogP contribution >= 0.6 is 11.6 Å². The lowest BCUT2D eigenvalue weighted by Crippen LogP contribution is -2.29. The summed E-state index contributed by atoms with van der Waals surface area (Å²) in [5.74, 6) is -0.236. The number of ether oxygens (including phenoxy) is 2. The van der Waals surface area contributed by atoms with Crippen molar-refractivity contribution in [3.05, 3.63) is 36.2 Å². The maximum absolute atomic E-state index is 12.1. The van der Waals surface area contributed by atoms with Crippen LogP contribution in [-0.2, 0) is 20.8 Å². The van der Waals surface area contributed by atoms with E-state index in [1.807, 2.05) is 32.2 Å². The van der Waals surface area contributed by atoms with E-state index in [0.717, 1.165) is 0 Å². The third kappa shape index (κ3) is 4.42. The molecule has 0 spiro atoms. The molecule has 1 amide bonds. The first-order valence-electron chi connectivity index (χ1n) is 8.22. The molecule has 2 N–H and O–H groups in total. The molecule has 25 heavy (non-hydrogen) atoms. The van der Waals surface area contributed by atoms with Crippen molar-refractivity contribution >= 4 is 23.3 Å². The van der Waals surface area contributed by atoms with Crippen molar-refractivity contribution < 1.29 is 14.3 Å². The molecular weight excluding hydrogens is 344 g/mol. The smallest absolute Gasteiger partial charge is 0.267 e. The molecule has 1 unspecified atom stereocenters. The fourth-order valence-corrected chi connectivity index (χ4v) is 3.00. The predicted molar refractivity (Wildman–Crippen MR) is 95.2 cm³/mol. The zero-order valence-electron chi connectivity index (χ0n) is 14.6. The molecule has 1 aromatic heterocycles. The van der Waals surface area contributed by atoms with E-state index in [2.05, 4.69) is 15.7 Å². The molecular formula is C17H23ClN4O3. The molecule has 1 aromatic rings. The Hall–Kier alpha value is -1.83. The van der Waals surface area contributed by atoms with Crippen molar-refractivity contribution in [2.24, 2.45) is 0 Å². The number of alkyl halides is 1. The molecule has 1 aliphatic carbocycles. The molecule has 0 aromatic carbocycles. The van der Waals surface area contributed by atoms with E-state index in [1.165, 1.54) is 0 Å². The molecule has 0 bridgehead atoms. The Kier molecular flexibility index (Phi) is 4.90. The lowest BCUT2D eigenvalue weighted by molar-refractivity contribution is -0.139. The van der Waals surface area contributed by atoms with E-state index in [4.69, 9.17) is 21.1 Å². The van der Waals surface area contributed by atoms with E-state index in [0.29, 0.717) is 31.1 Å². The molecule has 1 saturated heterocycles. The monoisotopic (exact) mass is 366 g/mol. The van der Waals surface area contributed by atoms with Crippen molar-refractivity contribution in [2.75, 3.05) is 19.0 Å². The van der Waals surface area contributed by atoms with Gasteiger partial charge in [-0.2, -0.15) is 5.10 Å². The van der Waals surface area contributed by atoms with Gasteiger partial charge in [0.2, 0.25) is 0 Å². The van der Waals surface area contributed by atoms with Crippen LogP contribution in [0.4, 0.5) is 5.82 Å². The van der Waals surface area contributed by atoms with Crippen LogP contribution in [0.15, 0.2) is 36.2 Å². The van der Waals surface area contributed by atoms with Crippen LogP contribution in [-0.4, -0.2) is 46.1 Å². The molecule has 0 radical (unpaired) electrons. The minimum Gasteiger partial charge on any atom is -0.354 e. The second kappa shape index (κ2) is 6.82. The van der Waals surface area contributed by atoms with Gasteiger partial charge in [0, 0.05) is 19.3 Å². The van der Waals surface area contributed by atoms with Gasteiger partial charge in [-0.15, -0.1) is 11.6 Å².